The molecule has 0 radical (unpaired) electrons. The number of aromatic carboxylic acids is 1. The molecule has 6 nitrogen and oxygen atoms in total. The van der Waals surface area contributed by atoms with Crippen molar-refractivity contribution in [1.29, 1.82) is 0 Å². The molecule has 0 aliphatic rings. The SMILES string of the molecule is COC[C@H](CO)Nc1cccc(C(=O)O)n1. The number of carbonyl (C=O) groups is 1. The van der Waals surface area contributed by atoms with E-state index in [9.17, 15) is 4.79 Å². The molecule has 0 aliphatic heterocycles. The monoisotopic (exact) mass is 226 g/mol. The van der Waals surface area contributed by atoms with Gasteiger partial charge in [-0.3, -0.25) is 0 Å². The highest BCUT2D eigenvalue weighted by Crippen LogP contribution is 2.06. The Morgan fingerprint density at radius 2 is 2.38 bits per heavy atom. The van der Waals surface area contributed by atoms with Gasteiger partial charge in [0.2, 0.25) is 0 Å². The minimum absolute atomic E-state index is 0.0425. The number of methoxy groups -OCH3 is 1. The lowest BCUT2D eigenvalue weighted by Gasteiger charge is -2.15. The molecule has 0 fully saturated rings. The van der Waals surface area contributed by atoms with Crippen LogP contribution in [0.3, 0.4) is 0 Å². The summed E-state index contributed by atoms with van der Waals surface area (Å²) in [7, 11) is 1.52. The van der Waals surface area contributed by atoms with Gasteiger partial charge < -0.3 is 20.3 Å². The molecule has 1 heterocycles. The van der Waals surface area contributed by atoms with Crippen LogP contribution in [0.4, 0.5) is 5.82 Å². The number of hydrogen-bond acceptors (Lipinski definition) is 5. The first-order chi connectivity index (χ1) is 7.67. The smallest absolute Gasteiger partial charge is 0.354 e. The number of nitrogens with zero attached hydrogens (tertiary/aromatic N) is 1. The third-order valence-electron chi connectivity index (χ3n) is 1.91. The maximum atomic E-state index is 10.7. The fourth-order valence-electron chi connectivity index (χ4n) is 1.18. The minimum atomic E-state index is -1.09. The van der Waals surface area contributed by atoms with E-state index in [1.165, 1.54) is 13.2 Å². The molecule has 0 aromatic carbocycles. The number of aliphatic hydroxyl groups excluding tert-OH is 1. The first-order valence-corrected chi connectivity index (χ1v) is 4.74. The summed E-state index contributed by atoms with van der Waals surface area (Å²) in [6, 6.07) is 4.31. The van der Waals surface area contributed by atoms with Gasteiger partial charge in [0.05, 0.1) is 19.3 Å². The average Bonchev–Trinajstić information content (AvgIpc) is 2.29. The molecule has 0 unspecified atom stereocenters. The lowest BCUT2D eigenvalue weighted by Crippen LogP contribution is -2.29. The van der Waals surface area contributed by atoms with E-state index < -0.39 is 5.97 Å². The van der Waals surface area contributed by atoms with Crippen LogP contribution in [-0.2, 0) is 4.74 Å². The van der Waals surface area contributed by atoms with Gasteiger partial charge in [-0.05, 0) is 12.1 Å². The lowest BCUT2D eigenvalue weighted by molar-refractivity contribution is 0.0690. The Labute approximate surface area is 92.9 Å². The lowest BCUT2D eigenvalue weighted by atomic mass is 10.3. The molecular formula is C10H14N2O4. The van der Waals surface area contributed by atoms with Gasteiger partial charge in [-0.1, -0.05) is 6.07 Å². The number of aliphatic hydroxyl groups is 1. The van der Waals surface area contributed by atoms with Crippen LogP contribution in [0, 0.1) is 0 Å². The number of carboxylic acid groups (broad SMARTS) is 1. The first-order valence-electron chi connectivity index (χ1n) is 4.74. The second-order valence-electron chi connectivity index (χ2n) is 3.19. The summed E-state index contributed by atoms with van der Waals surface area (Å²) in [5.74, 6) is -0.688. The number of aromatic nitrogens is 1. The van der Waals surface area contributed by atoms with E-state index >= 15 is 0 Å². The van der Waals surface area contributed by atoms with E-state index in [1.54, 1.807) is 12.1 Å². The third-order valence-corrected chi connectivity index (χ3v) is 1.91. The molecule has 0 bridgehead atoms. The number of nitrogens with one attached hydrogen (secondary N) is 1. The van der Waals surface area contributed by atoms with Crippen LogP contribution in [0.25, 0.3) is 0 Å². The van der Waals surface area contributed by atoms with Gasteiger partial charge in [-0.25, -0.2) is 9.78 Å². The van der Waals surface area contributed by atoms with Crippen LogP contribution in [-0.4, -0.2) is 47.5 Å². The predicted octanol–water partition coefficient (Wildman–Crippen LogP) is 0.199. The first kappa shape index (κ1) is 12.4. The van der Waals surface area contributed by atoms with E-state index in [0.29, 0.717) is 12.4 Å². The summed E-state index contributed by atoms with van der Waals surface area (Å²) in [6.07, 6.45) is 0. The van der Waals surface area contributed by atoms with Crippen LogP contribution in [0.1, 0.15) is 10.5 Å². The zero-order valence-electron chi connectivity index (χ0n) is 8.88. The Bertz CT molecular complexity index is 356. The minimum Gasteiger partial charge on any atom is -0.477 e. The molecule has 6 heteroatoms. The highest BCUT2D eigenvalue weighted by atomic mass is 16.5. The summed E-state index contributed by atoms with van der Waals surface area (Å²) in [5.41, 5.74) is -0.0425. The molecule has 1 aromatic heterocycles. The quantitative estimate of drug-likeness (QED) is 0.641. The van der Waals surface area contributed by atoms with Crippen molar-refractivity contribution >= 4 is 11.8 Å². The second-order valence-corrected chi connectivity index (χ2v) is 3.19. The molecular weight excluding hydrogens is 212 g/mol. The Morgan fingerprint density at radius 3 is 2.94 bits per heavy atom. The van der Waals surface area contributed by atoms with E-state index in [0.717, 1.165) is 0 Å². The van der Waals surface area contributed by atoms with Gasteiger partial charge in [-0.2, -0.15) is 0 Å². The molecule has 0 aliphatic carbocycles. The highest BCUT2D eigenvalue weighted by Gasteiger charge is 2.09. The maximum absolute atomic E-state index is 10.7. The van der Waals surface area contributed by atoms with Crippen LogP contribution < -0.4 is 5.32 Å². The Hall–Kier alpha value is -1.66. The van der Waals surface area contributed by atoms with Crippen molar-refractivity contribution in [3.8, 4) is 0 Å². The zero-order chi connectivity index (χ0) is 12.0. The molecule has 1 atom stereocenters. The summed E-state index contributed by atoms with van der Waals surface area (Å²) in [6.45, 7) is 0.197. The third kappa shape index (κ3) is 3.48. The van der Waals surface area contributed by atoms with Crippen molar-refractivity contribution in [3.63, 3.8) is 0 Å². The molecule has 0 spiro atoms. The number of ether oxygens (including phenoxy) is 1. The molecule has 0 amide bonds. The summed E-state index contributed by atoms with van der Waals surface area (Å²) >= 11 is 0. The Morgan fingerprint density at radius 1 is 1.62 bits per heavy atom. The number of rotatable bonds is 6. The van der Waals surface area contributed by atoms with Gasteiger partial charge in [0.1, 0.15) is 5.82 Å². The number of carboxylic acids is 1. The van der Waals surface area contributed by atoms with Gasteiger partial charge >= 0.3 is 5.97 Å². The van der Waals surface area contributed by atoms with Crippen molar-refractivity contribution < 1.29 is 19.7 Å². The Balaban J connectivity index is 2.72. The van der Waals surface area contributed by atoms with E-state index in [1.807, 2.05) is 0 Å². The van der Waals surface area contributed by atoms with Crippen LogP contribution >= 0.6 is 0 Å². The molecule has 1 aromatic rings. The van der Waals surface area contributed by atoms with Crippen molar-refractivity contribution in [1.82, 2.24) is 4.98 Å². The topological polar surface area (TPSA) is 91.7 Å². The highest BCUT2D eigenvalue weighted by molar-refractivity contribution is 5.85. The van der Waals surface area contributed by atoms with Crippen LogP contribution in [0.5, 0.6) is 0 Å². The van der Waals surface area contributed by atoms with Crippen molar-refractivity contribution in [2.75, 3.05) is 25.6 Å². The standard InChI is InChI=1S/C10H14N2O4/c1-16-6-7(5-13)11-9-4-2-3-8(12-9)10(14)15/h2-4,7,13H,5-6H2,1H3,(H,11,12)(H,14,15)/t7-/m0/s1. The fraction of sp³-hybridized carbons (Fsp3) is 0.400. The fourth-order valence-corrected chi connectivity index (χ4v) is 1.18. The van der Waals surface area contributed by atoms with Gasteiger partial charge in [-0.15, -0.1) is 0 Å². The number of pyridine rings is 1. The second kappa shape index (κ2) is 6.04. The molecule has 1 rings (SSSR count). The van der Waals surface area contributed by atoms with E-state index in [4.69, 9.17) is 14.9 Å². The molecule has 0 saturated carbocycles. The van der Waals surface area contributed by atoms with Gasteiger partial charge in [0.15, 0.2) is 5.69 Å². The number of anilines is 1. The summed E-state index contributed by atoms with van der Waals surface area (Å²) < 4.78 is 4.88. The van der Waals surface area contributed by atoms with Crippen LogP contribution in [0.15, 0.2) is 18.2 Å². The van der Waals surface area contributed by atoms with E-state index in [2.05, 4.69) is 10.3 Å². The normalized spacial score (nSPS) is 12.1. The average molecular weight is 226 g/mol. The van der Waals surface area contributed by atoms with Crippen molar-refractivity contribution in [2.45, 2.75) is 6.04 Å². The molecule has 3 N–H and O–H groups in total. The maximum Gasteiger partial charge on any atom is 0.354 e. The Kier molecular flexibility index (Phi) is 4.68. The van der Waals surface area contributed by atoms with E-state index in [-0.39, 0.29) is 18.3 Å². The largest absolute Gasteiger partial charge is 0.477 e. The summed E-state index contributed by atoms with van der Waals surface area (Å²) in [5, 5.41) is 20.6. The molecule has 88 valence electrons. The van der Waals surface area contributed by atoms with Crippen molar-refractivity contribution in [2.24, 2.45) is 0 Å². The summed E-state index contributed by atoms with van der Waals surface area (Å²) in [4.78, 5) is 14.5. The number of hydrogen-bond donors (Lipinski definition) is 3. The molecule has 0 saturated heterocycles. The molecule has 16 heavy (non-hydrogen) atoms. The van der Waals surface area contributed by atoms with Crippen LogP contribution in [0.2, 0.25) is 0 Å². The predicted molar refractivity (Wildman–Crippen MR) is 57.6 cm³/mol. The van der Waals surface area contributed by atoms with Gasteiger partial charge in [0.25, 0.3) is 0 Å². The van der Waals surface area contributed by atoms with Gasteiger partial charge in [0, 0.05) is 7.11 Å². The zero-order valence-corrected chi connectivity index (χ0v) is 8.88. The van der Waals surface area contributed by atoms with Crippen molar-refractivity contribution in [3.05, 3.63) is 23.9 Å².